The summed E-state index contributed by atoms with van der Waals surface area (Å²) in [6.07, 6.45) is 1.94. The van der Waals surface area contributed by atoms with Crippen molar-refractivity contribution in [2.75, 3.05) is 31.1 Å². The number of pyridine rings is 1. The normalized spacial score (nSPS) is 14.3. The summed E-state index contributed by atoms with van der Waals surface area (Å²) in [7, 11) is 0. The molecule has 1 aromatic heterocycles. The summed E-state index contributed by atoms with van der Waals surface area (Å²) in [6, 6.07) is 11.6. The Morgan fingerprint density at radius 3 is 2.54 bits per heavy atom. The first kappa shape index (κ1) is 15.9. The van der Waals surface area contributed by atoms with Crippen LogP contribution in [0.2, 0.25) is 0 Å². The van der Waals surface area contributed by atoms with Gasteiger partial charge in [0.15, 0.2) is 0 Å². The molecule has 0 aliphatic carbocycles. The van der Waals surface area contributed by atoms with E-state index < -0.39 is 0 Å². The lowest BCUT2D eigenvalue weighted by atomic mass is 10.1. The van der Waals surface area contributed by atoms with Crippen LogP contribution in [-0.4, -0.2) is 42.0 Å². The Morgan fingerprint density at radius 2 is 1.88 bits per heavy atom. The van der Waals surface area contributed by atoms with Crippen molar-refractivity contribution in [1.29, 1.82) is 5.26 Å². The molecule has 2 aromatic rings. The van der Waals surface area contributed by atoms with Gasteiger partial charge in [0.2, 0.25) is 5.91 Å². The fourth-order valence-corrected chi connectivity index (χ4v) is 2.79. The van der Waals surface area contributed by atoms with Crippen molar-refractivity contribution < 1.29 is 9.18 Å². The molecule has 1 saturated heterocycles. The number of carbonyl (C=O) groups excluding carboxylic acids is 1. The van der Waals surface area contributed by atoms with Crippen LogP contribution in [0.25, 0.3) is 0 Å². The number of carbonyl (C=O) groups is 1. The van der Waals surface area contributed by atoms with Crippen molar-refractivity contribution in [3.8, 4) is 6.07 Å². The highest BCUT2D eigenvalue weighted by molar-refractivity contribution is 5.79. The fraction of sp³-hybridized carbons (Fsp3) is 0.278. The lowest BCUT2D eigenvalue weighted by Crippen LogP contribution is -2.49. The number of rotatable bonds is 3. The SMILES string of the molecule is N#Cc1cccnc1N1CCN(C(=O)Cc2ccc(F)cc2)CC1. The number of aromatic nitrogens is 1. The number of amides is 1. The van der Waals surface area contributed by atoms with Crippen molar-refractivity contribution in [1.82, 2.24) is 9.88 Å². The van der Waals surface area contributed by atoms with Gasteiger partial charge in [0, 0.05) is 32.4 Å². The van der Waals surface area contributed by atoms with Gasteiger partial charge >= 0.3 is 0 Å². The van der Waals surface area contributed by atoms with Crippen LogP contribution in [-0.2, 0) is 11.2 Å². The first-order valence-electron chi connectivity index (χ1n) is 7.79. The van der Waals surface area contributed by atoms with Gasteiger partial charge in [-0.25, -0.2) is 9.37 Å². The average molecular weight is 324 g/mol. The number of anilines is 1. The summed E-state index contributed by atoms with van der Waals surface area (Å²) in [5, 5.41) is 9.17. The molecule has 0 spiro atoms. The van der Waals surface area contributed by atoms with E-state index in [1.165, 1.54) is 12.1 Å². The maximum absolute atomic E-state index is 12.9. The molecular weight excluding hydrogens is 307 g/mol. The second-order valence-corrected chi connectivity index (χ2v) is 5.66. The van der Waals surface area contributed by atoms with Gasteiger partial charge in [0.05, 0.1) is 12.0 Å². The summed E-state index contributed by atoms with van der Waals surface area (Å²) in [5.41, 5.74) is 1.35. The third kappa shape index (κ3) is 3.51. The molecule has 0 saturated carbocycles. The number of piperazine rings is 1. The molecule has 3 rings (SSSR count). The summed E-state index contributed by atoms with van der Waals surface area (Å²) in [6.45, 7) is 2.45. The molecule has 24 heavy (non-hydrogen) atoms. The van der Waals surface area contributed by atoms with Gasteiger partial charge < -0.3 is 9.80 Å². The van der Waals surface area contributed by atoms with E-state index in [4.69, 9.17) is 5.26 Å². The molecule has 1 amide bonds. The van der Waals surface area contributed by atoms with Crippen molar-refractivity contribution in [2.45, 2.75) is 6.42 Å². The fourth-order valence-electron chi connectivity index (χ4n) is 2.79. The molecule has 122 valence electrons. The molecule has 5 nitrogen and oxygen atoms in total. The summed E-state index contributed by atoms with van der Waals surface area (Å²) in [4.78, 5) is 20.5. The van der Waals surface area contributed by atoms with E-state index in [-0.39, 0.29) is 18.1 Å². The number of nitriles is 1. The topological polar surface area (TPSA) is 60.2 Å². The van der Waals surface area contributed by atoms with E-state index in [0.717, 1.165) is 5.56 Å². The third-order valence-electron chi connectivity index (χ3n) is 4.11. The number of halogens is 1. The zero-order valence-electron chi connectivity index (χ0n) is 13.2. The predicted molar refractivity (Wildman–Crippen MR) is 87.8 cm³/mol. The van der Waals surface area contributed by atoms with Gasteiger partial charge in [-0.15, -0.1) is 0 Å². The molecule has 0 bridgehead atoms. The molecule has 0 N–H and O–H groups in total. The van der Waals surface area contributed by atoms with Crippen LogP contribution in [0.5, 0.6) is 0 Å². The van der Waals surface area contributed by atoms with E-state index >= 15 is 0 Å². The highest BCUT2D eigenvalue weighted by Gasteiger charge is 2.23. The number of benzene rings is 1. The summed E-state index contributed by atoms with van der Waals surface area (Å²) in [5.74, 6) is 0.400. The molecular formula is C18H17FN4O. The smallest absolute Gasteiger partial charge is 0.227 e. The minimum Gasteiger partial charge on any atom is -0.352 e. The van der Waals surface area contributed by atoms with Crippen molar-refractivity contribution >= 4 is 11.7 Å². The summed E-state index contributed by atoms with van der Waals surface area (Å²) < 4.78 is 12.9. The van der Waals surface area contributed by atoms with Gasteiger partial charge in [0.1, 0.15) is 17.7 Å². The van der Waals surface area contributed by atoms with Gasteiger partial charge in [-0.1, -0.05) is 12.1 Å². The van der Waals surface area contributed by atoms with Crippen molar-refractivity contribution in [3.63, 3.8) is 0 Å². The van der Waals surface area contributed by atoms with Crippen LogP contribution in [0.1, 0.15) is 11.1 Å². The highest BCUT2D eigenvalue weighted by Crippen LogP contribution is 2.18. The average Bonchev–Trinajstić information content (AvgIpc) is 2.63. The van der Waals surface area contributed by atoms with Crippen molar-refractivity contribution in [3.05, 3.63) is 59.5 Å². The van der Waals surface area contributed by atoms with E-state index in [1.807, 2.05) is 4.90 Å². The van der Waals surface area contributed by atoms with Crippen molar-refractivity contribution in [2.24, 2.45) is 0 Å². The standard InChI is InChI=1S/C18H17FN4O/c19-16-5-3-14(4-6-16)12-17(24)22-8-10-23(11-9-22)18-15(13-20)2-1-7-21-18/h1-7H,8-12H2. The molecule has 0 atom stereocenters. The van der Waals surface area contributed by atoms with Gasteiger partial charge in [-0.3, -0.25) is 4.79 Å². The largest absolute Gasteiger partial charge is 0.352 e. The first-order chi connectivity index (χ1) is 11.7. The van der Waals surface area contributed by atoms with E-state index in [0.29, 0.717) is 37.6 Å². The third-order valence-corrected chi connectivity index (χ3v) is 4.11. The Bertz CT molecular complexity index is 761. The van der Waals surface area contributed by atoms with E-state index in [2.05, 4.69) is 11.1 Å². The zero-order valence-corrected chi connectivity index (χ0v) is 13.2. The van der Waals surface area contributed by atoms with Crippen LogP contribution < -0.4 is 4.90 Å². The second kappa shape index (κ2) is 7.09. The second-order valence-electron chi connectivity index (χ2n) is 5.66. The lowest BCUT2D eigenvalue weighted by Gasteiger charge is -2.35. The highest BCUT2D eigenvalue weighted by atomic mass is 19.1. The number of hydrogen-bond acceptors (Lipinski definition) is 4. The molecule has 6 heteroatoms. The monoisotopic (exact) mass is 324 g/mol. The van der Waals surface area contributed by atoms with E-state index in [1.54, 1.807) is 35.4 Å². The minimum absolute atomic E-state index is 0.0304. The van der Waals surface area contributed by atoms with Gasteiger partial charge in [-0.05, 0) is 29.8 Å². The maximum Gasteiger partial charge on any atom is 0.227 e. The molecule has 2 heterocycles. The minimum atomic E-state index is -0.302. The Kier molecular flexibility index (Phi) is 4.71. The van der Waals surface area contributed by atoms with Crippen LogP contribution in [0.4, 0.5) is 10.2 Å². The Morgan fingerprint density at radius 1 is 1.17 bits per heavy atom. The van der Waals surface area contributed by atoms with E-state index in [9.17, 15) is 9.18 Å². The molecule has 0 unspecified atom stereocenters. The zero-order chi connectivity index (χ0) is 16.9. The molecule has 1 aliphatic rings. The Labute approximate surface area is 139 Å². The molecule has 1 aliphatic heterocycles. The molecule has 1 fully saturated rings. The quantitative estimate of drug-likeness (QED) is 0.866. The van der Waals surface area contributed by atoms with Crippen LogP contribution >= 0.6 is 0 Å². The lowest BCUT2D eigenvalue weighted by molar-refractivity contribution is -0.130. The van der Waals surface area contributed by atoms with Crippen LogP contribution in [0.15, 0.2) is 42.6 Å². The Balaban J connectivity index is 1.59. The van der Waals surface area contributed by atoms with Crippen LogP contribution in [0.3, 0.4) is 0 Å². The van der Waals surface area contributed by atoms with Gasteiger partial charge in [-0.2, -0.15) is 5.26 Å². The van der Waals surface area contributed by atoms with Crippen LogP contribution in [0, 0.1) is 17.1 Å². The summed E-state index contributed by atoms with van der Waals surface area (Å²) >= 11 is 0. The van der Waals surface area contributed by atoms with Gasteiger partial charge in [0.25, 0.3) is 0 Å². The molecule has 1 aromatic carbocycles. The molecule has 0 radical (unpaired) electrons. The number of hydrogen-bond donors (Lipinski definition) is 0. The first-order valence-corrected chi connectivity index (χ1v) is 7.79. The maximum atomic E-state index is 12.9. The Hall–Kier alpha value is -2.94. The predicted octanol–water partition coefficient (Wildman–Crippen LogP) is 1.98. The number of nitrogens with zero attached hydrogens (tertiary/aromatic N) is 4.